The molecule has 2 N–H and O–H groups in total. The van der Waals surface area contributed by atoms with Crippen molar-refractivity contribution in [2.45, 2.75) is 0 Å². The summed E-state index contributed by atoms with van der Waals surface area (Å²) in [7, 11) is 0. The number of carbonyl (C=O) groups is 1. The highest BCUT2D eigenvalue weighted by atomic mass is 35.5. The molecule has 6 nitrogen and oxygen atoms in total. The number of hydrogen-bond donors (Lipinski definition) is 2. The number of nitro groups is 1. The molecule has 0 heterocycles. The molecular weight excluding hydrogens is 319 g/mol. The molecule has 1 amide bonds. The van der Waals surface area contributed by atoms with Crippen molar-refractivity contribution in [3.8, 4) is 5.75 Å². The van der Waals surface area contributed by atoms with Gasteiger partial charge in [0.25, 0.3) is 11.6 Å². The predicted octanol–water partition coefficient (Wildman–Crippen LogP) is 3.86. The zero-order chi connectivity index (χ0) is 15.6. The van der Waals surface area contributed by atoms with Crippen LogP contribution in [0.25, 0.3) is 0 Å². The summed E-state index contributed by atoms with van der Waals surface area (Å²) in [5.74, 6) is -0.623. The van der Waals surface area contributed by atoms with Crippen molar-refractivity contribution >= 4 is 40.5 Å². The summed E-state index contributed by atoms with van der Waals surface area (Å²) < 4.78 is 0. The quantitative estimate of drug-likeness (QED) is 0.508. The number of benzene rings is 2. The van der Waals surface area contributed by atoms with Gasteiger partial charge in [0, 0.05) is 17.7 Å². The Hall–Kier alpha value is -2.31. The van der Waals surface area contributed by atoms with Gasteiger partial charge in [-0.3, -0.25) is 14.9 Å². The van der Waals surface area contributed by atoms with E-state index in [0.717, 1.165) is 6.07 Å². The van der Waals surface area contributed by atoms with E-state index in [1.807, 2.05) is 0 Å². The highest BCUT2D eigenvalue weighted by Gasteiger charge is 2.17. The van der Waals surface area contributed by atoms with E-state index in [9.17, 15) is 20.0 Å². The molecule has 0 unspecified atom stereocenters. The maximum atomic E-state index is 12.0. The Morgan fingerprint density at radius 3 is 2.48 bits per heavy atom. The number of carbonyl (C=O) groups excluding carboxylic acids is 1. The van der Waals surface area contributed by atoms with Gasteiger partial charge in [0.2, 0.25) is 0 Å². The molecule has 0 saturated carbocycles. The molecule has 0 aliphatic rings. The topological polar surface area (TPSA) is 92.5 Å². The second-order valence-electron chi connectivity index (χ2n) is 4.04. The van der Waals surface area contributed by atoms with Gasteiger partial charge >= 0.3 is 0 Å². The fourth-order valence-electron chi connectivity index (χ4n) is 1.59. The highest BCUT2D eigenvalue weighted by molar-refractivity contribution is 6.34. The maximum absolute atomic E-state index is 12.0. The standard InChI is InChI=1S/C13H8Cl2N2O4/c14-9-3-1-7(5-12(9)17(20)21)13(19)16-11-4-2-8(18)6-10(11)15/h1-6,18H,(H,16,19). The number of phenols is 1. The van der Waals surface area contributed by atoms with Crippen LogP contribution in [-0.2, 0) is 0 Å². The van der Waals surface area contributed by atoms with Crippen LogP contribution in [0, 0.1) is 10.1 Å². The first-order valence-electron chi connectivity index (χ1n) is 5.62. The summed E-state index contributed by atoms with van der Waals surface area (Å²) >= 11 is 11.5. The van der Waals surface area contributed by atoms with E-state index in [0.29, 0.717) is 0 Å². The molecule has 108 valence electrons. The largest absolute Gasteiger partial charge is 0.508 e. The van der Waals surface area contributed by atoms with Gasteiger partial charge < -0.3 is 10.4 Å². The lowest BCUT2D eigenvalue weighted by atomic mass is 10.2. The first-order chi connectivity index (χ1) is 9.88. The molecule has 21 heavy (non-hydrogen) atoms. The van der Waals surface area contributed by atoms with Crippen LogP contribution in [-0.4, -0.2) is 15.9 Å². The molecule has 0 radical (unpaired) electrons. The molecular formula is C13H8Cl2N2O4. The molecule has 0 saturated heterocycles. The number of phenolic OH excluding ortho intramolecular Hbond substituents is 1. The average molecular weight is 327 g/mol. The fourth-order valence-corrected chi connectivity index (χ4v) is 2.00. The molecule has 0 fully saturated rings. The number of nitrogens with one attached hydrogen (secondary N) is 1. The van der Waals surface area contributed by atoms with E-state index < -0.39 is 10.8 Å². The van der Waals surface area contributed by atoms with Crippen molar-refractivity contribution in [3.05, 3.63) is 62.1 Å². The van der Waals surface area contributed by atoms with Crippen LogP contribution in [0.1, 0.15) is 10.4 Å². The zero-order valence-corrected chi connectivity index (χ0v) is 11.9. The number of hydrogen-bond acceptors (Lipinski definition) is 4. The van der Waals surface area contributed by atoms with Gasteiger partial charge in [-0.2, -0.15) is 0 Å². The van der Waals surface area contributed by atoms with Crippen molar-refractivity contribution in [3.63, 3.8) is 0 Å². The van der Waals surface area contributed by atoms with E-state index in [2.05, 4.69) is 5.32 Å². The normalized spacial score (nSPS) is 10.2. The van der Waals surface area contributed by atoms with Crippen molar-refractivity contribution in [2.24, 2.45) is 0 Å². The van der Waals surface area contributed by atoms with Gasteiger partial charge in [-0.15, -0.1) is 0 Å². The molecule has 0 aromatic heterocycles. The summed E-state index contributed by atoms with van der Waals surface area (Å²) in [5, 5.41) is 22.6. The Bertz CT molecular complexity index is 734. The fraction of sp³-hybridized carbons (Fsp3) is 0. The number of nitro benzene ring substituents is 1. The van der Waals surface area contributed by atoms with Crippen LogP contribution in [0.3, 0.4) is 0 Å². The third-order valence-corrected chi connectivity index (χ3v) is 3.24. The van der Waals surface area contributed by atoms with Crippen LogP contribution in [0.4, 0.5) is 11.4 Å². The highest BCUT2D eigenvalue weighted by Crippen LogP contribution is 2.28. The van der Waals surface area contributed by atoms with Gasteiger partial charge in [-0.1, -0.05) is 23.2 Å². The smallest absolute Gasteiger partial charge is 0.288 e. The van der Waals surface area contributed by atoms with Crippen molar-refractivity contribution in [1.82, 2.24) is 0 Å². The Morgan fingerprint density at radius 2 is 1.86 bits per heavy atom. The van der Waals surface area contributed by atoms with Gasteiger partial charge in [-0.05, 0) is 24.3 Å². The first-order valence-corrected chi connectivity index (χ1v) is 6.38. The number of anilines is 1. The van der Waals surface area contributed by atoms with Crippen molar-refractivity contribution in [1.29, 1.82) is 0 Å². The van der Waals surface area contributed by atoms with Gasteiger partial charge in [-0.25, -0.2) is 0 Å². The number of amides is 1. The first kappa shape index (κ1) is 15.1. The summed E-state index contributed by atoms with van der Waals surface area (Å²) in [6.45, 7) is 0. The molecule has 0 atom stereocenters. The lowest BCUT2D eigenvalue weighted by Gasteiger charge is -2.07. The average Bonchev–Trinajstić information content (AvgIpc) is 2.42. The number of halogens is 2. The second kappa shape index (κ2) is 5.99. The van der Waals surface area contributed by atoms with Crippen molar-refractivity contribution < 1.29 is 14.8 Å². The van der Waals surface area contributed by atoms with E-state index in [1.54, 1.807) is 0 Å². The molecule has 2 rings (SSSR count). The Labute approximate surface area is 129 Å². The van der Waals surface area contributed by atoms with Crippen LogP contribution < -0.4 is 5.32 Å². The Kier molecular flexibility index (Phi) is 4.30. The molecule has 2 aromatic carbocycles. The summed E-state index contributed by atoms with van der Waals surface area (Å²) in [6.07, 6.45) is 0. The molecule has 0 aliphatic heterocycles. The molecule has 0 bridgehead atoms. The summed E-state index contributed by atoms with van der Waals surface area (Å²) in [6, 6.07) is 7.74. The van der Waals surface area contributed by atoms with E-state index in [-0.39, 0.29) is 32.7 Å². The van der Waals surface area contributed by atoms with E-state index in [1.165, 1.54) is 30.3 Å². The lowest BCUT2D eigenvalue weighted by Crippen LogP contribution is -2.12. The maximum Gasteiger partial charge on any atom is 0.288 e. The van der Waals surface area contributed by atoms with E-state index in [4.69, 9.17) is 23.2 Å². The Balaban J connectivity index is 2.28. The lowest BCUT2D eigenvalue weighted by molar-refractivity contribution is -0.384. The van der Waals surface area contributed by atoms with Crippen LogP contribution in [0.5, 0.6) is 5.75 Å². The minimum Gasteiger partial charge on any atom is -0.508 e. The van der Waals surface area contributed by atoms with Gasteiger partial charge in [0.15, 0.2) is 0 Å². The number of rotatable bonds is 3. The predicted molar refractivity (Wildman–Crippen MR) is 79.2 cm³/mol. The van der Waals surface area contributed by atoms with E-state index >= 15 is 0 Å². The molecule has 0 aliphatic carbocycles. The Morgan fingerprint density at radius 1 is 1.14 bits per heavy atom. The summed E-state index contributed by atoms with van der Waals surface area (Å²) in [4.78, 5) is 22.2. The van der Waals surface area contributed by atoms with Crippen molar-refractivity contribution in [2.75, 3.05) is 5.32 Å². The third kappa shape index (κ3) is 3.42. The van der Waals surface area contributed by atoms with Crippen LogP contribution >= 0.6 is 23.2 Å². The third-order valence-electron chi connectivity index (χ3n) is 2.61. The number of nitrogens with zero attached hydrogens (tertiary/aromatic N) is 1. The zero-order valence-electron chi connectivity index (χ0n) is 10.3. The minimum atomic E-state index is -0.674. The minimum absolute atomic E-state index is 0.0415. The molecule has 8 heteroatoms. The van der Waals surface area contributed by atoms with Crippen LogP contribution in [0.2, 0.25) is 10.0 Å². The summed E-state index contributed by atoms with van der Waals surface area (Å²) in [5.41, 5.74) is -0.0200. The van der Waals surface area contributed by atoms with Gasteiger partial charge in [0.05, 0.1) is 15.6 Å². The van der Waals surface area contributed by atoms with Gasteiger partial charge in [0.1, 0.15) is 10.8 Å². The second-order valence-corrected chi connectivity index (χ2v) is 4.86. The number of aromatic hydroxyl groups is 1. The molecule has 0 spiro atoms. The SMILES string of the molecule is O=C(Nc1ccc(O)cc1Cl)c1ccc(Cl)c([N+](=O)[O-])c1. The molecule has 2 aromatic rings. The van der Waals surface area contributed by atoms with Crippen LogP contribution in [0.15, 0.2) is 36.4 Å². The monoisotopic (exact) mass is 326 g/mol.